The summed E-state index contributed by atoms with van der Waals surface area (Å²) < 4.78 is 17.6. The van der Waals surface area contributed by atoms with Crippen molar-refractivity contribution in [2.45, 2.75) is 83.2 Å². The number of esters is 1. The Balaban J connectivity index is 1.55. The molecule has 2 aromatic rings. The molecule has 0 spiro atoms. The predicted octanol–water partition coefficient (Wildman–Crippen LogP) is 6.72. The number of carbonyl (C=O) groups is 2. The van der Waals surface area contributed by atoms with Crippen molar-refractivity contribution in [1.29, 1.82) is 0 Å². The lowest BCUT2D eigenvalue weighted by atomic mass is 9.71. The predicted molar refractivity (Wildman–Crippen MR) is 151 cm³/mol. The highest BCUT2D eigenvalue weighted by molar-refractivity contribution is 6.04. The number of carbonyl (C=O) groups excluding carboxylic acids is 2. The van der Waals surface area contributed by atoms with Crippen molar-refractivity contribution in [1.82, 2.24) is 5.32 Å². The molecule has 0 amide bonds. The molecule has 1 fully saturated rings. The number of dihydropyridines is 1. The van der Waals surface area contributed by atoms with Gasteiger partial charge >= 0.3 is 5.97 Å². The van der Waals surface area contributed by atoms with E-state index in [4.69, 9.17) is 14.2 Å². The van der Waals surface area contributed by atoms with Crippen LogP contribution < -0.4 is 14.8 Å². The van der Waals surface area contributed by atoms with Crippen molar-refractivity contribution in [2.24, 2.45) is 0 Å². The lowest BCUT2D eigenvalue weighted by Crippen LogP contribution is -2.37. The Hall–Kier alpha value is -3.54. The van der Waals surface area contributed by atoms with Crippen LogP contribution in [0.15, 0.2) is 71.1 Å². The van der Waals surface area contributed by atoms with Gasteiger partial charge in [-0.2, -0.15) is 0 Å². The number of hydrogen-bond donors (Lipinski definition) is 1. The molecule has 2 aliphatic carbocycles. The summed E-state index contributed by atoms with van der Waals surface area (Å²) in [6.07, 6.45) is 7.01. The Kier molecular flexibility index (Phi) is 8.39. The third-order valence-electron chi connectivity index (χ3n) is 8.13. The highest BCUT2D eigenvalue weighted by Gasteiger charge is 2.42. The Labute approximate surface area is 231 Å². The molecule has 206 valence electrons. The zero-order chi connectivity index (χ0) is 27.4. The molecule has 0 bridgehead atoms. The maximum Gasteiger partial charge on any atom is 0.337 e. The maximum absolute atomic E-state index is 13.9. The van der Waals surface area contributed by atoms with Gasteiger partial charge in [0.1, 0.15) is 6.10 Å². The third kappa shape index (κ3) is 5.75. The molecule has 1 N–H and O–H groups in total. The number of Topliss-reactive ketones (excluding diaryl/α,β-unsaturated/α-hetero) is 1. The number of ether oxygens (including phenoxy) is 3. The normalized spacial score (nSPS) is 21.8. The summed E-state index contributed by atoms with van der Waals surface area (Å²) in [6, 6.07) is 15.9. The highest BCUT2D eigenvalue weighted by atomic mass is 16.5. The first-order valence-electron chi connectivity index (χ1n) is 14.3. The van der Waals surface area contributed by atoms with Crippen LogP contribution in [0, 0.1) is 0 Å². The summed E-state index contributed by atoms with van der Waals surface area (Å²) in [5.74, 6) is 0.515. The van der Waals surface area contributed by atoms with E-state index in [9.17, 15) is 9.59 Å². The molecular weight excluding hydrogens is 490 g/mol. The zero-order valence-corrected chi connectivity index (χ0v) is 23.3. The lowest BCUT2D eigenvalue weighted by Gasteiger charge is -2.37. The van der Waals surface area contributed by atoms with E-state index in [0.29, 0.717) is 42.1 Å². The summed E-state index contributed by atoms with van der Waals surface area (Å²) in [5, 5.41) is 3.47. The summed E-state index contributed by atoms with van der Waals surface area (Å²) in [7, 11) is 1.61. The molecular formula is C33H39NO5. The second-order valence-corrected chi connectivity index (χ2v) is 10.9. The number of nitrogens with one attached hydrogen (secondary N) is 1. The minimum Gasteiger partial charge on any atom is -0.493 e. The fourth-order valence-corrected chi connectivity index (χ4v) is 6.20. The summed E-state index contributed by atoms with van der Waals surface area (Å²) in [4.78, 5) is 27.7. The maximum atomic E-state index is 13.9. The Morgan fingerprint density at radius 3 is 2.46 bits per heavy atom. The fraction of sp³-hybridized carbons (Fsp3) is 0.455. The molecule has 1 aliphatic heterocycles. The molecule has 2 atom stereocenters. The topological polar surface area (TPSA) is 73.9 Å². The van der Waals surface area contributed by atoms with Crippen LogP contribution in [0.25, 0.3) is 0 Å². The standard InChI is InChI=1S/C33H39NO5/c1-4-17-38-28-16-15-23(20-29(28)37-3)31-30(33(36)39-25-13-9-6-10-14-25)21(2)34-26-18-24(19-27(35)32(26)31)22-11-7-5-8-12-22/h5,7-8,11-12,15-16,20,24-25,31,34H,4,6,9-10,13-14,17-19H2,1-3H3. The van der Waals surface area contributed by atoms with Crippen molar-refractivity contribution in [2.75, 3.05) is 13.7 Å². The molecule has 0 saturated heterocycles. The van der Waals surface area contributed by atoms with Crippen LogP contribution in [0.2, 0.25) is 0 Å². The van der Waals surface area contributed by atoms with E-state index < -0.39 is 5.92 Å². The van der Waals surface area contributed by atoms with Gasteiger partial charge in [0.25, 0.3) is 0 Å². The van der Waals surface area contributed by atoms with Crippen LogP contribution in [0.3, 0.4) is 0 Å². The van der Waals surface area contributed by atoms with Gasteiger partial charge in [0.15, 0.2) is 17.3 Å². The molecule has 1 saturated carbocycles. The van der Waals surface area contributed by atoms with Gasteiger partial charge in [0.2, 0.25) is 0 Å². The molecule has 6 nitrogen and oxygen atoms in total. The van der Waals surface area contributed by atoms with Crippen LogP contribution in [0.1, 0.15) is 88.2 Å². The fourth-order valence-electron chi connectivity index (χ4n) is 6.20. The molecule has 1 heterocycles. The van der Waals surface area contributed by atoms with Gasteiger partial charge in [-0.15, -0.1) is 0 Å². The summed E-state index contributed by atoms with van der Waals surface area (Å²) in [6.45, 7) is 4.55. The highest BCUT2D eigenvalue weighted by Crippen LogP contribution is 2.47. The second-order valence-electron chi connectivity index (χ2n) is 10.9. The third-order valence-corrected chi connectivity index (χ3v) is 8.13. The number of ketones is 1. The van der Waals surface area contributed by atoms with E-state index in [1.807, 2.05) is 43.3 Å². The first-order chi connectivity index (χ1) is 19.0. The summed E-state index contributed by atoms with van der Waals surface area (Å²) >= 11 is 0. The van der Waals surface area contributed by atoms with Crippen LogP contribution in [0.4, 0.5) is 0 Å². The van der Waals surface area contributed by atoms with Crippen LogP contribution >= 0.6 is 0 Å². The first-order valence-corrected chi connectivity index (χ1v) is 14.3. The van der Waals surface area contributed by atoms with Crippen molar-refractivity contribution >= 4 is 11.8 Å². The van der Waals surface area contributed by atoms with Gasteiger partial charge in [-0.05, 0) is 74.6 Å². The number of allylic oxidation sites excluding steroid dienone is 3. The van der Waals surface area contributed by atoms with Gasteiger partial charge in [-0.25, -0.2) is 4.79 Å². The van der Waals surface area contributed by atoms with E-state index >= 15 is 0 Å². The molecule has 6 heteroatoms. The monoisotopic (exact) mass is 529 g/mol. The van der Waals surface area contributed by atoms with Crippen molar-refractivity contribution in [3.8, 4) is 11.5 Å². The molecule has 39 heavy (non-hydrogen) atoms. The van der Waals surface area contributed by atoms with Gasteiger partial charge < -0.3 is 19.5 Å². The molecule has 3 aliphatic rings. The molecule has 0 aromatic heterocycles. The zero-order valence-electron chi connectivity index (χ0n) is 23.3. The Morgan fingerprint density at radius 1 is 0.974 bits per heavy atom. The molecule has 5 rings (SSSR count). The lowest BCUT2D eigenvalue weighted by molar-refractivity contribution is -0.146. The molecule has 2 unspecified atom stereocenters. The first kappa shape index (κ1) is 27.0. The van der Waals surface area contributed by atoms with E-state index in [1.165, 1.54) is 6.42 Å². The van der Waals surface area contributed by atoms with Gasteiger partial charge in [0, 0.05) is 29.3 Å². The van der Waals surface area contributed by atoms with E-state index in [1.54, 1.807) is 7.11 Å². The SMILES string of the molecule is CCCOc1ccc(C2C(C(=O)OC3CCCCC3)=C(C)NC3=C2C(=O)CC(c2ccccc2)C3)cc1OC. The van der Waals surface area contributed by atoms with Gasteiger partial charge in [-0.3, -0.25) is 4.79 Å². The van der Waals surface area contributed by atoms with E-state index in [2.05, 4.69) is 24.4 Å². The number of rotatable bonds is 8. The summed E-state index contributed by atoms with van der Waals surface area (Å²) in [5.41, 5.74) is 4.78. The quantitative estimate of drug-likeness (QED) is 0.383. The van der Waals surface area contributed by atoms with Crippen molar-refractivity contribution in [3.05, 3.63) is 82.2 Å². The van der Waals surface area contributed by atoms with E-state index in [0.717, 1.165) is 54.6 Å². The number of benzene rings is 2. The number of hydrogen-bond acceptors (Lipinski definition) is 6. The smallest absolute Gasteiger partial charge is 0.337 e. The van der Waals surface area contributed by atoms with Crippen LogP contribution in [-0.2, 0) is 14.3 Å². The Morgan fingerprint density at radius 2 is 1.74 bits per heavy atom. The van der Waals surface area contributed by atoms with Gasteiger partial charge in [0.05, 0.1) is 19.3 Å². The average Bonchev–Trinajstić information content (AvgIpc) is 2.96. The van der Waals surface area contributed by atoms with Crippen LogP contribution in [-0.4, -0.2) is 31.6 Å². The molecule has 2 aromatic carbocycles. The van der Waals surface area contributed by atoms with E-state index in [-0.39, 0.29) is 23.8 Å². The minimum absolute atomic E-state index is 0.0587. The molecule has 0 radical (unpaired) electrons. The minimum atomic E-state index is -0.532. The van der Waals surface area contributed by atoms with Gasteiger partial charge in [-0.1, -0.05) is 49.7 Å². The Bertz CT molecular complexity index is 1270. The largest absolute Gasteiger partial charge is 0.493 e. The van der Waals surface area contributed by atoms with Crippen molar-refractivity contribution in [3.63, 3.8) is 0 Å². The van der Waals surface area contributed by atoms with Crippen LogP contribution in [0.5, 0.6) is 11.5 Å². The number of methoxy groups -OCH3 is 1. The average molecular weight is 530 g/mol. The van der Waals surface area contributed by atoms with Crippen molar-refractivity contribution < 1.29 is 23.8 Å². The second kappa shape index (κ2) is 12.1.